The number of aromatic nitrogens is 1. The van der Waals surface area contributed by atoms with Gasteiger partial charge in [0.15, 0.2) is 0 Å². The molecule has 3 aromatic rings. The Hall–Kier alpha value is -3.61. The summed E-state index contributed by atoms with van der Waals surface area (Å²) in [4.78, 5) is 30.3. The van der Waals surface area contributed by atoms with Crippen LogP contribution in [0.15, 0.2) is 60.7 Å². The van der Waals surface area contributed by atoms with Crippen molar-refractivity contribution >= 4 is 34.3 Å². The van der Waals surface area contributed by atoms with Crippen LogP contribution >= 0.6 is 0 Å². The quantitative estimate of drug-likeness (QED) is 0.529. The lowest BCUT2D eigenvalue weighted by atomic mass is 10.2. The first-order chi connectivity index (χ1) is 14.7. The summed E-state index contributed by atoms with van der Waals surface area (Å²) >= 11 is 0. The standard InChI is InChI=1S/C23H25N5O2/c29-22-9-4-14-28(22)19-7-3-5-17(15-19)16-26-23(30)25-13-12-24-21-11-10-18-6-1-2-8-20(18)27-21/h1-3,5-8,10-11,15H,4,9,12-14,16H2,(H,24,27)(H2,25,26,30). The maximum Gasteiger partial charge on any atom is 0.315 e. The minimum absolute atomic E-state index is 0.159. The Bertz CT molecular complexity index is 1050. The molecule has 1 fully saturated rings. The van der Waals surface area contributed by atoms with Crippen molar-refractivity contribution in [1.29, 1.82) is 0 Å². The van der Waals surface area contributed by atoms with Crippen molar-refractivity contribution < 1.29 is 9.59 Å². The van der Waals surface area contributed by atoms with E-state index in [1.807, 2.05) is 60.7 Å². The van der Waals surface area contributed by atoms with Crippen molar-refractivity contribution in [3.63, 3.8) is 0 Å². The van der Waals surface area contributed by atoms with Crippen LogP contribution in [0.5, 0.6) is 0 Å². The predicted molar refractivity (Wildman–Crippen MR) is 119 cm³/mol. The highest BCUT2D eigenvalue weighted by Crippen LogP contribution is 2.22. The SMILES string of the molecule is O=C(NCCNc1ccc2ccccc2n1)NCc1cccc(N2CCCC2=O)c1. The number of urea groups is 1. The Morgan fingerprint density at radius 2 is 1.90 bits per heavy atom. The molecule has 0 bridgehead atoms. The van der Waals surface area contributed by atoms with Crippen molar-refractivity contribution in [1.82, 2.24) is 15.6 Å². The van der Waals surface area contributed by atoms with Gasteiger partial charge in [0.2, 0.25) is 5.91 Å². The number of hydrogen-bond donors (Lipinski definition) is 3. The Kier molecular flexibility index (Phi) is 6.08. The molecule has 0 saturated carbocycles. The minimum Gasteiger partial charge on any atom is -0.368 e. The van der Waals surface area contributed by atoms with E-state index in [1.54, 1.807) is 4.90 Å². The zero-order chi connectivity index (χ0) is 20.8. The summed E-state index contributed by atoms with van der Waals surface area (Å²) in [6.45, 7) is 2.21. The Balaban J connectivity index is 1.20. The van der Waals surface area contributed by atoms with Crippen LogP contribution in [0.1, 0.15) is 18.4 Å². The molecule has 7 heteroatoms. The number of amides is 3. The fourth-order valence-electron chi connectivity index (χ4n) is 3.53. The van der Waals surface area contributed by atoms with Crippen molar-refractivity contribution in [2.24, 2.45) is 0 Å². The summed E-state index contributed by atoms with van der Waals surface area (Å²) in [5.41, 5.74) is 2.79. The van der Waals surface area contributed by atoms with Crippen molar-refractivity contribution in [3.05, 3.63) is 66.2 Å². The fraction of sp³-hybridized carbons (Fsp3) is 0.261. The predicted octanol–water partition coefficient (Wildman–Crippen LogP) is 3.27. The average molecular weight is 403 g/mol. The number of carbonyl (C=O) groups excluding carboxylic acids is 2. The molecule has 154 valence electrons. The first-order valence-electron chi connectivity index (χ1n) is 10.2. The molecule has 0 aliphatic carbocycles. The van der Waals surface area contributed by atoms with Gasteiger partial charge >= 0.3 is 6.03 Å². The minimum atomic E-state index is -0.231. The van der Waals surface area contributed by atoms with Gasteiger partial charge in [-0.2, -0.15) is 0 Å². The zero-order valence-electron chi connectivity index (χ0n) is 16.7. The Morgan fingerprint density at radius 3 is 2.77 bits per heavy atom. The molecule has 3 N–H and O–H groups in total. The largest absolute Gasteiger partial charge is 0.368 e. The number of fused-ring (bicyclic) bond motifs is 1. The lowest BCUT2D eigenvalue weighted by Crippen LogP contribution is -2.37. The van der Waals surface area contributed by atoms with Gasteiger partial charge in [-0.15, -0.1) is 0 Å². The zero-order valence-corrected chi connectivity index (χ0v) is 16.7. The second-order valence-corrected chi connectivity index (χ2v) is 7.24. The summed E-state index contributed by atoms with van der Waals surface area (Å²) in [5.74, 6) is 0.940. The van der Waals surface area contributed by atoms with E-state index in [4.69, 9.17) is 0 Å². The summed E-state index contributed by atoms with van der Waals surface area (Å²) in [6, 6.07) is 19.4. The Labute approximate surface area is 175 Å². The number of nitrogens with one attached hydrogen (secondary N) is 3. The monoisotopic (exact) mass is 403 g/mol. The topological polar surface area (TPSA) is 86.4 Å². The lowest BCUT2D eigenvalue weighted by Gasteiger charge is -2.16. The molecule has 2 aromatic carbocycles. The first-order valence-corrected chi connectivity index (χ1v) is 10.2. The third-order valence-corrected chi connectivity index (χ3v) is 5.06. The molecular weight excluding hydrogens is 378 g/mol. The molecule has 0 radical (unpaired) electrons. The molecule has 1 aliphatic rings. The molecule has 1 saturated heterocycles. The van der Waals surface area contributed by atoms with E-state index in [-0.39, 0.29) is 11.9 Å². The molecule has 1 aliphatic heterocycles. The smallest absolute Gasteiger partial charge is 0.315 e. The molecule has 1 aromatic heterocycles. The number of para-hydroxylation sites is 1. The summed E-state index contributed by atoms with van der Waals surface area (Å²) in [6.07, 6.45) is 1.50. The number of benzene rings is 2. The highest BCUT2D eigenvalue weighted by molar-refractivity contribution is 5.95. The van der Waals surface area contributed by atoms with Gasteiger partial charge in [0.25, 0.3) is 0 Å². The van der Waals surface area contributed by atoms with E-state index >= 15 is 0 Å². The van der Waals surface area contributed by atoms with Gasteiger partial charge in [-0.25, -0.2) is 9.78 Å². The number of pyridine rings is 1. The van der Waals surface area contributed by atoms with Gasteiger partial charge in [-0.05, 0) is 42.3 Å². The maximum absolute atomic E-state index is 12.1. The maximum atomic E-state index is 12.1. The second-order valence-electron chi connectivity index (χ2n) is 7.24. The third-order valence-electron chi connectivity index (χ3n) is 5.06. The van der Waals surface area contributed by atoms with Crippen LogP contribution in [0.4, 0.5) is 16.3 Å². The summed E-state index contributed by atoms with van der Waals surface area (Å²) < 4.78 is 0. The highest BCUT2D eigenvalue weighted by Gasteiger charge is 2.21. The first kappa shape index (κ1) is 19.7. The van der Waals surface area contributed by atoms with Crippen LogP contribution in [0.25, 0.3) is 10.9 Å². The molecule has 3 amide bonds. The highest BCUT2D eigenvalue weighted by atomic mass is 16.2. The number of carbonyl (C=O) groups is 2. The number of nitrogens with zero attached hydrogens (tertiary/aromatic N) is 2. The van der Waals surface area contributed by atoms with Crippen molar-refractivity contribution in [2.75, 3.05) is 29.9 Å². The molecule has 7 nitrogen and oxygen atoms in total. The van der Waals surface area contributed by atoms with Gasteiger partial charge in [0, 0.05) is 43.7 Å². The van der Waals surface area contributed by atoms with E-state index < -0.39 is 0 Å². The molecule has 2 heterocycles. The van der Waals surface area contributed by atoms with Crippen molar-refractivity contribution in [3.8, 4) is 0 Å². The molecule has 4 rings (SSSR count). The number of rotatable bonds is 7. The number of hydrogen-bond acceptors (Lipinski definition) is 4. The summed E-state index contributed by atoms with van der Waals surface area (Å²) in [7, 11) is 0. The van der Waals surface area contributed by atoms with Gasteiger partial charge in [-0.1, -0.05) is 30.3 Å². The Morgan fingerprint density at radius 1 is 1.00 bits per heavy atom. The van der Waals surface area contributed by atoms with Gasteiger partial charge in [-0.3, -0.25) is 4.79 Å². The third kappa shape index (κ3) is 4.86. The van der Waals surface area contributed by atoms with E-state index in [0.717, 1.165) is 40.9 Å². The molecule has 0 atom stereocenters. The van der Waals surface area contributed by atoms with Gasteiger partial charge < -0.3 is 20.9 Å². The normalized spacial score (nSPS) is 13.5. The van der Waals surface area contributed by atoms with Crippen LogP contribution < -0.4 is 20.9 Å². The van der Waals surface area contributed by atoms with Crippen LogP contribution in [0, 0.1) is 0 Å². The van der Waals surface area contributed by atoms with Crippen LogP contribution in [0.3, 0.4) is 0 Å². The summed E-state index contributed by atoms with van der Waals surface area (Å²) in [5, 5.41) is 10.00. The fourth-order valence-corrected chi connectivity index (χ4v) is 3.53. The van der Waals surface area contributed by atoms with Crippen LogP contribution in [-0.2, 0) is 11.3 Å². The van der Waals surface area contributed by atoms with Crippen LogP contribution in [0.2, 0.25) is 0 Å². The van der Waals surface area contributed by atoms with E-state index in [1.165, 1.54) is 0 Å². The van der Waals surface area contributed by atoms with Crippen LogP contribution in [-0.4, -0.2) is 36.6 Å². The van der Waals surface area contributed by atoms with E-state index in [2.05, 4.69) is 20.9 Å². The van der Waals surface area contributed by atoms with E-state index in [0.29, 0.717) is 26.1 Å². The second kappa shape index (κ2) is 9.26. The number of anilines is 2. The molecule has 0 spiro atoms. The lowest BCUT2D eigenvalue weighted by molar-refractivity contribution is -0.117. The van der Waals surface area contributed by atoms with Gasteiger partial charge in [0.1, 0.15) is 5.82 Å². The van der Waals surface area contributed by atoms with E-state index in [9.17, 15) is 9.59 Å². The van der Waals surface area contributed by atoms with Gasteiger partial charge in [0.05, 0.1) is 5.52 Å². The van der Waals surface area contributed by atoms with Crippen molar-refractivity contribution in [2.45, 2.75) is 19.4 Å². The molecule has 30 heavy (non-hydrogen) atoms. The molecular formula is C23H25N5O2. The molecule has 0 unspecified atom stereocenters. The average Bonchev–Trinajstić information content (AvgIpc) is 3.21.